The second-order valence-electron chi connectivity index (χ2n) is 6.39. The quantitative estimate of drug-likeness (QED) is 0.864. The molecule has 1 aliphatic heterocycles. The van der Waals surface area contributed by atoms with E-state index in [1.54, 1.807) is 0 Å². The molecule has 1 saturated heterocycles. The van der Waals surface area contributed by atoms with Crippen LogP contribution in [0.5, 0.6) is 0 Å². The average molecular weight is 356 g/mol. The van der Waals surface area contributed by atoms with Gasteiger partial charge >= 0.3 is 0 Å². The van der Waals surface area contributed by atoms with Gasteiger partial charge in [-0.05, 0) is 41.8 Å². The minimum absolute atomic E-state index is 0.0903. The molecule has 0 radical (unpaired) electrons. The predicted molar refractivity (Wildman–Crippen MR) is 106 cm³/mol. The van der Waals surface area contributed by atoms with Crippen molar-refractivity contribution in [2.45, 2.75) is 20.0 Å². The van der Waals surface area contributed by atoms with Gasteiger partial charge in [0.1, 0.15) is 0 Å². The number of nitrogens with one attached hydrogen (secondary N) is 1. The van der Waals surface area contributed by atoms with E-state index in [4.69, 9.17) is 5.73 Å². The molecule has 0 bridgehead atoms. The molecule has 1 fully saturated rings. The summed E-state index contributed by atoms with van der Waals surface area (Å²) < 4.78 is 0. The van der Waals surface area contributed by atoms with Crippen molar-refractivity contribution in [1.82, 2.24) is 4.90 Å². The maximum absolute atomic E-state index is 12.4. The third-order valence-electron chi connectivity index (χ3n) is 4.50. The molecule has 0 aliphatic carbocycles. The van der Waals surface area contributed by atoms with E-state index in [1.807, 2.05) is 49.0 Å². The molecular formula is C20H25N3OS. The molecule has 3 N–H and O–H groups in total. The molecule has 0 unspecified atom stereocenters. The maximum atomic E-state index is 12.4. The van der Waals surface area contributed by atoms with E-state index in [0.29, 0.717) is 12.1 Å². The fourth-order valence-corrected chi connectivity index (χ4v) is 3.95. The van der Waals surface area contributed by atoms with Gasteiger partial charge < -0.3 is 11.1 Å². The van der Waals surface area contributed by atoms with Crippen LogP contribution >= 0.6 is 11.8 Å². The van der Waals surface area contributed by atoms with Crippen molar-refractivity contribution < 1.29 is 4.79 Å². The van der Waals surface area contributed by atoms with E-state index < -0.39 is 0 Å². The van der Waals surface area contributed by atoms with Crippen molar-refractivity contribution in [2.75, 3.05) is 29.9 Å². The zero-order valence-corrected chi connectivity index (χ0v) is 15.4. The molecule has 1 amide bonds. The van der Waals surface area contributed by atoms with Crippen molar-refractivity contribution in [2.24, 2.45) is 5.73 Å². The highest BCUT2D eigenvalue weighted by Crippen LogP contribution is 2.20. The summed E-state index contributed by atoms with van der Waals surface area (Å²) in [4.78, 5) is 14.9. The van der Waals surface area contributed by atoms with Crippen molar-refractivity contribution in [3.63, 3.8) is 0 Å². The summed E-state index contributed by atoms with van der Waals surface area (Å²) in [6.07, 6.45) is 0. The third kappa shape index (κ3) is 4.84. The van der Waals surface area contributed by atoms with Crippen molar-refractivity contribution >= 4 is 23.4 Å². The molecule has 0 atom stereocenters. The Hall–Kier alpha value is -1.82. The normalized spacial score (nSPS) is 15.1. The first-order chi connectivity index (χ1) is 12.2. The number of aryl methyl sites for hydroxylation is 1. The molecule has 2 aromatic carbocycles. The molecule has 5 heteroatoms. The van der Waals surface area contributed by atoms with Crippen LogP contribution in [0, 0.1) is 6.92 Å². The smallest absolute Gasteiger partial charge is 0.255 e. The van der Waals surface area contributed by atoms with Crippen LogP contribution in [-0.4, -0.2) is 35.4 Å². The van der Waals surface area contributed by atoms with Crippen molar-refractivity contribution in [3.8, 4) is 0 Å². The standard InChI is InChI=1S/C20H25N3OS/c1-15-12-17(14-23-8-10-25-11-9-23)4-7-19(15)22-20(24)18-5-2-16(13-21)3-6-18/h2-7,12H,8-11,13-14,21H2,1H3,(H,22,24). The Morgan fingerprint density at radius 1 is 1.12 bits per heavy atom. The Balaban J connectivity index is 1.64. The first-order valence-electron chi connectivity index (χ1n) is 8.65. The van der Waals surface area contributed by atoms with E-state index in [1.165, 1.54) is 17.1 Å². The van der Waals surface area contributed by atoms with E-state index in [-0.39, 0.29) is 5.91 Å². The lowest BCUT2D eigenvalue weighted by Gasteiger charge is -2.26. The number of carbonyl (C=O) groups excluding carboxylic acids is 1. The highest BCUT2D eigenvalue weighted by molar-refractivity contribution is 7.99. The molecule has 132 valence electrons. The maximum Gasteiger partial charge on any atom is 0.255 e. The molecular weight excluding hydrogens is 330 g/mol. The van der Waals surface area contributed by atoms with Crippen LogP contribution < -0.4 is 11.1 Å². The van der Waals surface area contributed by atoms with Gasteiger partial charge in [0.15, 0.2) is 0 Å². The SMILES string of the molecule is Cc1cc(CN2CCSCC2)ccc1NC(=O)c1ccc(CN)cc1. The van der Waals surface area contributed by atoms with E-state index in [0.717, 1.165) is 36.4 Å². The monoisotopic (exact) mass is 355 g/mol. The molecule has 2 aromatic rings. The summed E-state index contributed by atoms with van der Waals surface area (Å²) in [5.74, 6) is 2.35. The number of thioether (sulfide) groups is 1. The Morgan fingerprint density at radius 3 is 2.44 bits per heavy atom. The van der Waals surface area contributed by atoms with Crippen LogP contribution in [0.25, 0.3) is 0 Å². The molecule has 0 aromatic heterocycles. The zero-order valence-electron chi connectivity index (χ0n) is 14.6. The number of hydrogen-bond donors (Lipinski definition) is 2. The third-order valence-corrected chi connectivity index (χ3v) is 5.44. The van der Waals surface area contributed by atoms with Gasteiger partial charge in [-0.15, -0.1) is 0 Å². The highest BCUT2D eigenvalue weighted by atomic mass is 32.2. The van der Waals surface area contributed by atoms with Crippen LogP contribution in [0.1, 0.15) is 27.0 Å². The summed E-state index contributed by atoms with van der Waals surface area (Å²) in [6.45, 7) is 5.82. The van der Waals surface area contributed by atoms with Gasteiger partial charge in [0.2, 0.25) is 0 Å². The zero-order chi connectivity index (χ0) is 17.6. The second-order valence-corrected chi connectivity index (χ2v) is 7.62. The van der Waals surface area contributed by atoms with Crippen LogP contribution in [0.2, 0.25) is 0 Å². The number of carbonyl (C=O) groups is 1. The predicted octanol–water partition coefficient (Wildman–Crippen LogP) is 3.25. The second kappa shape index (κ2) is 8.52. The highest BCUT2D eigenvalue weighted by Gasteiger charge is 2.12. The largest absolute Gasteiger partial charge is 0.326 e. The lowest BCUT2D eigenvalue weighted by molar-refractivity contribution is 0.102. The Kier molecular flexibility index (Phi) is 6.13. The number of rotatable bonds is 5. The Morgan fingerprint density at radius 2 is 1.80 bits per heavy atom. The summed E-state index contributed by atoms with van der Waals surface area (Å²) in [6, 6.07) is 13.7. The molecule has 25 heavy (non-hydrogen) atoms. The van der Waals surface area contributed by atoms with Gasteiger partial charge in [-0.3, -0.25) is 9.69 Å². The Bertz CT molecular complexity index is 724. The lowest BCUT2D eigenvalue weighted by Crippen LogP contribution is -2.31. The van der Waals surface area contributed by atoms with Gasteiger partial charge in [0.05, 0.1) is 0 Å². The topological polar surface area (TPSA) is 58.4 Å². The number of hydrogen-bond acceptors (Lipinski definition) is 4. The van der Waals surface area contributed by atoms with Crippen LogP contribution in [0.3, 0.4) is 0 Å². The summed E-state index contributed by atoms with van der Waals surface area (Å²) in [5, 5.41) is 3.01. The van der Waals surface area contributed by atoms with E-state index in [2.05, 4.69) is 22.3 Å². The van der Waals surface area contributed by atoms with Gasteiger partial charge in [-0.25, -0.2) is 0 Å². The summed E-state index contributed by atoms with van der Waals surface area (Å²) in [7, 11) is 0. The Labute approximate surface area is 153 Å². The molecule has 0 spiro atoms. The first-order valence-corrected chi connectivity index (χ1v) is 9.81. The minimum Gasteiger partial charge on any atom is -0.326 e. The first kappa shape index (κ1) is 18.0. The molecule has 1 aliphatic rings. The molecule has 4 nitrogen and oxygen atoms in total. The fraction of sp³-hybridized carbons (Fsp3) is 0.350. The molecule has 0 saturated carbocycles. The number of nitrogens with two attached hydrogens (primary N) is 1. The van der Waals surface area contributed by atoms with Crippen LogP contribution in [0.15, 0.2) is 42.5 Å². The number of anilines is 1. The van der Waals surface area contributed by atoms with Crippen LogP contribution in [-0.2, 0) is 13.1 Å². The summed E-state index contributed by atoms with van der Waals surface area (Å²) >= 11 is 2.03. The number of nitrogens with zero attached hydrogens (tertiary/aromatic N) is 1. The van der Waals surface area contributed by atoms with Gasteiger partial charge in [-0.1, -0.05) is 24.3 Å². The van der Waals surface area contributed by atoms with Gasteiger partial charge in [0.25, 0.3) is 5.91 Å². The van der Waals surface area contributed by atoms with Gasteiger partial charge in [0, 0.05) is 48.9 Å². The molecule has 1 heterocycles. The number of benzene rings is 2. The minimum atomic E-state index is -0.0903. The number of amides is 1. The van der Waals surface area contributed by atoms with Crippen molar-refractivity contribution in [3.05, 3.63) is 64.7 Å². The van der Waals surface area contributed by atoms with Crippen molar-refractivity contribution in [1.29, 1.82) is 0 Å². The van der Waals surface area contributed by atoms with E-state index >= 15 is 0 Å². The fourth-order valence-electron chi connectivity index (χ4n) is 2.97. The van der Waals surface area contributed by atoms with Gasteiger partial charge in [-0.2, -0.15) is 11.8 Å². The average Bonchev–Trinajstić information content (AvgIpc) is 2.65. The lowest BCUT2D eigenvalue weighted by atomic mass is 10.1. The molecule has 3 rings (SSSR count). The summed E-state index contributed by atoms with van der Waals surface area (Å²) in [5.41, 5.74) is 10.5. The van der Waals surface area contributed by atoms with Crippen LogP contribution in [0.4, 0.5) is 5.69 Å². The van der Waals surface area contributed by atoms with E-state index in [9.17, 15) is 4.79 Å².